The molecule has 0 fully saturated rings. The average Bonchev–Trinajstić information content (AvgIpc) is 3.02. The van der Waals surface area contributed by atoms with Crippen molar-refractivity contribution in [2.45, 2.75) is 41.6 Å². The maximum absolute atomic E-state index is 13.5. The lowest BCUT2D eigenvalue weighted by Crippen LogP contribution is -2.30. The summed E-state index contributed by atoms with van der Waals surface area (Å²) in [7, 11) is -17.6. The molecule has 4 aromatic carbocycles. The van der Waals surface area contributed by atoms with Crippen LogP contribution < -0.4 is 0 Å². The van der Waals surface area contributed by atoms with Gasteiger partial charge >= 0.3 is 0 Å². The average molecular weight is 657 g/mol. The smallest absolute Gasteiger partial charge is 0.196 e. The Morgan fingerprint density at radius 2 is 0.605 bits per heavy atom. The molecule has 0 atom stereocenters. The third-order valence-corrected chi connectivity index (χ3v) is 16.8. The number of hydrogen-bond acceptors (Lipinski definition) is 8. The van der Waals surface area contributed by atoms with E-state index in [0.717, 1.165) is 12.2 Å². The number of sulfone groups is 4. The first-order valence-corrected chi connectivity index (χ1v) is 19.1. The minimum Gasteiger partial charge on any atom is -0.222 e. The second kappa shape index (κ2) is 13.2. The fourth-order valence-corrected chi connectivity index (χ4v) is 13.1. The summed E-state index contributed by atoms with van der Waals surface area (Å²) in [4.78, 5) is -0.723. The Bertz CT molecular complexity index is 1750. The van der Waals surface area contributed by atoms with E-state index in [4.69, 9.17) is 0 Å². The van der Waals surface area contributed by atoms with Gasteiger partial charge in [-0.1, -0.05) is 72.8 Å². The van der Waals surface area contributed by atoms with Gasteiger partial charge in [0.15, 0.2) is 48.5 Å². The van der Waals surface area contributed by atoms with Crippen molar-refractivity contribution in [3.63, 3.8) is 0 Å². The van der Waals surface area contributed by atoms with Crippen molar-refractivity contribution in [2.24, 2.45) is 0 Å². The molecule has 0 bridgehead atoms. The van der Waals surface area contributed by atoms with Crippen molar-refractivity contribution >= 4 is 39.3 Å². The zero-order valence-corrected chi connectivity index (χ0v) is 25.9. The predicted octanol–water partition coefficient (Wildman–Crippen LogP) is 5.03. The standard InChI is InChI=1S/C31H28O8S4/c32-40(33,26-16-6-1-7-17-26)30(41(34,35)27-18-8-2-9-19-27)24-14-5-15-25-31(42(36,37)28-20-10-3-11-21-28)43(38,39)29-22-12-4-13-23-29/h1-4,6-23,30-31H,24-25H2. The van der Waals surface area contributed by atoms with Gasteiger partial charge < -0.3 is 0 Å². The largest absolute Gasteiger partial charge is 0.222 e. The fraction of sp³-hybridized carbons (Fsp3) is 0.129. The summed E-state index contributed by atoms with van der Waals surface area (Å²) in [6.45, 7) is 0. The Morgan fingerprint density at radius 1 is 0.395 bits per heavy atom. The minimum atomic E-state index is -4.39. The lowest BCUT2D eigenvalue weighted by Gasteiger charge is -2.17. The minimum absolute atomic E-state index is 0.181. The monoisotopic (exact) mass is 656 g/mol. The van der Waals surface area contributed by atoms with Gasteiger partial charge in [0, 0.05) is 12.8 Å². The van der Waals surface area contributed by atoms with Gasteiger partial charge in [0.25, 0.3) is 0 Å². The van der Waals surface area contributed by atoms with Gasteiger partial charge in [0.2, 0.25) is 0 Å². The van der Waals surface area contributed by atoms with Gasteiger partial charge in [-0.05, 0) is 60.7 Å². The van der Waals surface area contributed by atoms with Crippen LogP contribution in [0, 0.1) is 0 Å². The topological polar surface area (TPSA) is 137 Å². The van der Waals surface area contributed by atoms with Crippen molar-refractivity contribution < 1.29 is 33.7 Å². The van der Waals surface area contributed by atoms with Crippen LogP contribution in [0.2, 0.25) is 0 Å². The molecule has 8 nitrogen and oxygen atoms in total. The van der Waals surface area contributed by atoms with E-state index in [-0.39, 0.29) is 19.6 Å². The summed E-state index contributed by atoms with van der Waals surface area (Å²) in [5.74, 6) is 0. The number of rotatable bonds is 12. The van der Waals surface area contributed by atoms with Gasteiger partial charge in [0.05, 0.1) is 19.6 Å². The van der Waals surface area contributed by atoms with Crippen LogP contribution in [-0.4, -0.2) is 42.8 Å². The molecule has 0 N–H and O–H groups in total. The summed E-state index contributed by atoms with van der Waals surface area (Å²) in [5.41, 5.74) is 2.63. The SMILES string of the molecule is O=S(=O)(c1ccccc1)C(CC=C=CCC(S(=O)(=O)c1ccccc1)S(=O)(=O)c1ccccc1)S(=O)(=O)c1ccccc1. The lowest BCUT2D eigenvalue weighted by atomic mass is 10.4. The molecule has 0 aromatic heterocycles. The van der Waals surface area contributed by atoms with Crippen LogP contribution in [-0.2, 0) is 39.3 Å². The maximum Gasteiger partial charge on any atom is 0.196 e. The van der Waals surface area contributed by atoms with Gasteiger partial charge in [-0.2, -0.15) is 0 Å². The summed E-state index contributed by atoms with van der Waals surface area (Å²) in [6, 6.07) is 28.7. The molecule has 43 heavy (non-hydrogen) atoms. The third-order valence-electron chi connectivity index (χ3n) is 6.53. The molecule has 0 radical (unpaired) electrons. The Labute approximate surface area is 252 Å². The molecular weight excluding hydrogens is 629 g/mol. The van der Waals surface area contributed by atoms with E-state index in [1.54, 1.807) is 24.3 Å². The highest BCUT2D eigenvalue weighted by Crippen LogP contribution is 2.30. The van der Waals surface area contributed by atoms with E-state index in [1.807, 2.05) is 0 Å². The van der Waals surface area contributed by atoms with Crippen LogP contribution in [0.5, 0.6) is 0 Å². The summed E-state index contributed by atoms with van der Waals surface area (Å²) < 4.78 is 104. The van der Waals surface area contributed by atoms with Gasteiger partial charge in [-0.15, -0.1) is 5.73 Å². The van der Waals surface area contributed by atoms with E-state index >= 15 is 0 Å². The molecule has 12 heteroatoms. The van der Waals surface area contributed by atoms with Crippen LogP contribution in [0.1, 0.15) is 12.8 Å². The second-order valence-electron chi connectivity index (χ2n) is 9.34. The Morgan fingerprint density at radius 3 is 0.814 bits per heavy atom. The Balaban J connectivity index is 1.71. The fourth-order valence-electron chi connectivity index (χ4n) is 4.30. The first kappa shape index (κ1) is 32.1. The molecule has 0 spiro atoms. The van der Waals surface area contributed by atoms with E-state index in [0.29, 0.717) is 0 Å². The molecular formula is C31H28O8S4. The van der Waals surface area contributed by atoms with Gasteiger partial charge in [-0.25, -0.2) is 33.7 Å². The highest BCUT2D eigenvalue weighted by molar-refractivity contribution is 8.09. The van der Waals surface area contributed by atoms with Crippen molar-refractivity contribution in [3.05, 3.63) is 139 Å². The Hall–Kier alpha value is -3.80. The summed E-state index contributed by atoms with van der Waals surface area (Å²) in [5, 5.41) is 0. The van der Waals surface area contributed by atoms with Crippen molar-refractivity contribution in [1.29, 1.82) is 0 Å². The molecule has 0 heterocycles. The van der Waals surface area contributed by atoms with E-state index < -0.39 is 61.4 Å². The van der Waals surface area contributed by atoms with Crippen LogP contribution in [0.25, 0.3) is 0 Å². The van der Waals surface area contributed by atoms with Crippen LogP contribution >= 0.6 is 0 Å². The zero-order valence-electron chi connectivity index (χ0n) is 22.7. The van der Waals surface area contributed by atoms with Crippen molar-refractivity contribution in [3.8, 4) is 0 Å². The summed E-state index contributed by atoms with van der Waals surface area (Å²) >= 11 is 0. The first-order chi connectivity index (χ1) is 20.4. The van der Waals surface area contributed by atoms with E-state index in [1.165, 1.54) is 97.1 Å². The maximum atomic E-state index is 13.5. The quantitative estimate of drug-likeness (QED) is 0.194. The van der Waals surface area contributed by atoms with Crippen LogP contribution in [0.4, 0.5) is 0 Å². The molecule has 0 aliphatic heterocycles. The molecule has 0 saturated carbocycles. The molecule has 0 amide bonds. The molecule has 0 aliphatic rings. The summed E-state index contributed by atoms with van der Waals surface area (Å²) in [6.07, 6.45) is 1.28. The van der Waals surface area contributed by atoms with Crippen molar-refractivity contribution in [1.82, 2.24) is 0 Å². The van der Waals surface area contributed by atoms with Crippen molar-refractivity contribution in [2.75, 3.05) is 0 Å². The molecule has 4 rings (SSSR count). The Kier molecular flexibility index (Phi) is 9.89. The predicted molar refractivity (Wildman–Crippen MR) is 164 cm³/mol. The second-order valence-corrected chi connectivity index (χ2v) is 18.5. The van der Waals surface area contributed by atoms with Crippen LogP contribution in [0.15, 0.2) is 159 Å². The van der Waals surface area contributed by atoms with E-state index in [9.17, 15) is 33.7 Å². The lowest BCUT2D eigenvalue weighted by molar-refractivity contribution is 0.571. The highest BCUT2D eigenvalue weighted by Gasteiger charge is 2.40. The normalized spacial score (nSPS) is 12.5. The molecule has 0 saturated heterocycles. The zero-order chi connectivity index (χ0) is 31.1. The van der Waals surface area contributed by atoms with Gasteiger partial charge in [-0.3, -0.25) is 0 Å². The van der Waals surface area contributed by atoms with E-state index in [2.05, 4.69) is 5.73 Å². The first-order valence-electron chi connectivity index (χ1n) is 12.9. The highest BCUT2D eigenvalue weighted by atomic mass is 32.3. The molecule has 224 valence electrons. The van der Waals surface area contributed by atoms with Crippen LogP contribution in [0.3, 0.4) is 0 Å². The van der Waals surface area contributed by atoms with Gasteiger partial charge in [0.1, 0.15) is 0 Å². The number of hydrogen-bond donors (Lipinski definition) is 0. The molecule has 4 aromatic rings. The number of benzene rings is 4. The molecule has 0 unspecified atom stereocenters. The molecule has 0 aliphatic carbocycles. The number of allylic oxidation sites excluding steroid dienone is 1. The third kappa shape index (κ3) is 7.06.